The van der Waals surface area contributed by atoms with Crippen molar-refractivity contribution in [1.82, 2.24) is 19.5 Å². The summed E-state index contributed by atoms with van der Waals surface area (Å²) in [4.78, 5) is 27.0. The molecule has 1 aliphatic heterocycles. The molecule has 0 unspecified atom stereocenters. The summed E-state index contributed by atoms with van der Waals surface area (Å²) in [5.74, 6) is 1.36. The number of ether oxygens (including phenoxy) is 1. The van der Waals surface area contributed by atoms with Crippen LogP contribution in [0.4, 0.5) is 8.78 Å². The van der Waals surface area contributed by atoms with Crippen molar-refractivity contribution in [2.75, 3.05) is 7.05 Å². The highest BCUT2D eigenvalue weighted by atomic mass is 19.3. The van der Waals surface area contributed by atoms with Crippen LogP contribution in [-0.4, -0.2) is 39.0 Å². The van der Waals surface area contributed by atoms with Gasteiger partial charge in [-0.15, -0.1) is 0 Å². The zero-order valence-corrected chi connectivity index (χ0v) is 20.9. The third-order valence-electron chi connectivity index (χ3n) is 7.93. The minimum absolute atomic E-state index is 0.0445. The molecule has 196 valence electrons. The van der Waals surface area contributed by atoms with E-state index >= 15 is 0 Å². The molecule has 0 radical (unpaired) electrons. The van der Waals surface area contributed by atoms with Gasteiger partial charge >= 0.3 is 6.61 Å². The van der Waals surface area contributed by atoms with Crippen LogP contribution in [0.3, 0.4) is 0 Å². The van der Waals surface area contributed by atoms with Gasteiger partial charge < -0.3 is 20.8 Å². The molecule has 2 atom stereocenters. The fraction of sp³-hybridized carbons (Fsp3) is 0.357. The summed E-state index contributed by atoms with van der Waals surface area (Å²) in [6, 6.07) is 10.4. The maximum atomic E-state index is 13.2. The Hall–Kier alpha value is -3.76. The number of carbonyl (C=O) groups is 1. The molecule has 2 aromatic heterocycles. The summed E-state index contributed by atoms with van der Waals surface area (Å²) in [5.41, 5.74) is 14.8. The first kappa shape index (κ1) is 24.6. The number of nitrogens with zero attached hydrogens (tertiary/aromatic N) is 4. The van der Waals surface area contributed by atoms with Crippen LogP contribution in [0.5, 0.6) is 5.75 Å². The molecule has 0 saturated heterocycles. The number of fused-ring (bicyclic) bond motifs is 9. The van der Waals surface area contributed by atoms with Gasteiger partial charge in [-0.1, -0.05) is 18.2 Å². The molecule has 1 fully saturated rings. The van der Waals surface area contributed by atoms with Gasteiger partial charge in [0.05, 0.1) is 22.6 Å². The summed E-state index contributed by atoms with van der Waals surface area (Å²) in [7, 11) is 1.50. The molecule has 4 aromatic rings. The topological polar surface area (TPSA) is 122 Å². The van der Waals surface area contributed by atoms with Crippen LogP contribution in [0.2, 0.25) is 0 Å². The molecule has 2 aliphatic carbocycles. The Labute approximate surface area is 218 Å². The van der Waals surface area contributed by atoms with Gasteiger partial charge in [0.25, 0.3) is 0 Å². The Morgan fingerprint density at radius 1 is 1.11 bits per heavy atom. The van der Waals surface area contributed by atoms with E-state index in [1.54, 1.807) is 24.5 Å². The van der Waals surface area contributed by atoms with Crippen molar-refractivity contribution in [2.24, 2.45) is 11.5 Å². The maximum Gasteiger partial charge on any atom is 0.387 e. The van der Waals surface area contributed by atoms with E-state index in [-0.39, 0.29) is 29.9 Å². The standard InChI is InChI=1S/C27H23F2N5O2.CH5N/c28-26(29)36-22-4-1-3-17-21(35)11-15-10-20(23(17)22)34-19-9-14(5-6-18(19)33-24(15)34)16-12-31-25(32-13-16)27(30)7-2-8-27;1-2/h1,3-6,9,12-13,15,20,26H,2,7-8,10-11,30H2;2H2,1H3/t15-,20+;/m0./s1. The molecular weight excluding hydrogens is 490 g/mol. The molecular formula is C28H28F2N6O2. The second kappa shape index (κ2) is 9.21. The average Bonchev–Trinajstić information content (AvgIpc) is 3.40. The first-order chi connectivity index (χ1) is 18.4. The van der Waals surface area contributed by atoms with Gasteiger partial charge in [-0.05, 0) is 56.5 Å². The highest BCUT2D eigenvalue weighted by Crippen LogP contribution is 2.50. The third kappa shape index (κ3) is 3.78. The Morgan fingerprint density at radius 3 is 2.55 bits per heavy atom. The molecule has 7 rings (SSSR count). The second-order valence-corrected chi connectivity index (χ2v) is 10.0. The summed E-state index contributed by atoms with van der Waals surface area (Å²) < 4.78 is 33.4. The molecule has 2 bridgehead atoms. The quantitative estimate of drug-likeness (QED) is 0.403. The smallest absolute Gasteiger partial charge is 0.387 e. The normalized spacial score (nSPS) is 20.7. The van der Waals surface area contributed by atoms with Crippen molar-refractivity contribution in [3.8, 4) is 16.9 Å². The fourth-order valence-electron chi connectivity index (χ4n) is 5.99. The number of aromatic nitrogens is 4. The largest absolute Gasteiger partial charge is 0.434 e. The number of benzene rings is 2. The van der Waals surface area contributed by atoms with E-state index in [1.807, 2.05) is 18.2 Å². The van der Waals surface area contributed by atoms with Crippen LogP contribution in [-0.2, 0) is 5.54 Å². The van der Waals surface area contributed by atoms with E-state index in [2.05, 4.69) is 20.3 Å². The zero-order chi connectivity index (χ0) is 26.6. The average molecular weight is 519 g/mol. The fourth-order valence-corrected chi connectivity index (χ4v) is 5.99. The number of hydrogen-bond donors (Lipinski definition) is 2. The van der Waals surface area contributed by atoms with Crippen molar-refractivity contribution in [2.45, 2.75) is 56.2 Å². The van der Waals surface area contributed by atoms with E-state index in [9.17, 15) is 13.6 Å². The van der Waals surface area contributed by atoms with Crippen LogP contribution in [0.1, 0.15) is 71.6 Å². The highest BCUT2D eigenvalue weighted by molar-refractivity contribution is 6.00. The lowest BCUT2D eigenvalue weighted by atomic mass is 9.77. The van der Waals surface area contributed by atoms with Gasteiger partial charge in [0.1, 0.15) is 17.4 Å². The van der Waals surface area contributed by atoms with Crippen LogP contribution in [0.25, 0.3) is 22.2 Å². The lowest BCUT2D eigenvalue weighted by Gasteiger charge is -2.36. The van der Waals surface area contributed by atoms with E-state index in [0.29, 0.717) is 23.4 Å². The van der Waals surface area contributed by atoms with E-state index in [1.165, 1.54) is 13.1 Å². The predicted octanol–water partition coefficient (Wildman–Crippen LogP) is 4.67. The van der Waals surface area contributed by atoms with E-state index in [0.717, 1.165) is 47.2 Å². The molecule has 0 spiro atoms. The van der Waals surface area contributed by atoms with Gasteiger partial charge in [-0.2, -0.15) is 8.78 Å². The predicted molar refractivity (Wildman–Crippen MR) is 138 cm³/mol. The van der Waals surface area contributed by atoms with Crippen molar-refractivity contribution in [3.05, 3.63) is 71.6 Å². The number of nitrogens with two attached hydrogens (primary N) is 2. The molecule has 3 heterocycles. The Morgan fingerprint density at radius 2 is 1.87 bits per heavy atom. The lowest BCUT2D eigenvalue weighted by Crippen LogP contribution is -2.44. The minimum Gasteiger partial charge on any atom is -0.434 e. The number of ketones is 1. The summed E-state index contributed by atoms with van der Waals surface area (Å²) in [5, 5.41) is 0. The van der Waals surface area contributed by atoms with Gasteiger partial charge in [0, 0.05) is 41.4 Å². The Bertz CT molecular complexity index is 1530. The van der Waals surface area contributed by atoms with Crippen molar-refractivity contribution >= 4 is 16.8 Å². The van der Waals surface area contributed by atoms with Crippen LogP contribution in [0, 0.1) is 0 Å². The molecule has 2 aromatic carbocycles. The number of hydrogen-bond acceptors (Lipinski definition) is 7. The Balaban J connectivity index is 0.00000129. The van der Waals surface area contributed by atoms with Crippen LogP contribution < -0.4 is 16.2 Å². The third-order valence-corrected chi connectivity index (χ3v) is 7.93. The van der Waals surface area contributed by atoms with Gasteiger partial charge in [0.2, 0.25) is 0 Å². The van der Waals surface area contributed by atoms with Crippen molar-refractivity contribution < 1.29 is 18.3 Å². The van der Waals surface area contributed by atoms with Gasteiger partial charge in [-0.25, -0.2) is 15.0 Å². The number of halogens is 2. The second-order valence-electron chi connectivity index (χ2n) is 10.0. The highest BCUT2D eigenvalue weighted by Gasteiger charge is 2.42. The molecule has 4 N–H and O–H groups in total. The first-order valence-corrected chi connectivity index (χ1v) is 12.7. The summed E-state index contributed by atoms with van der Waals surface area (Å²) in [6.45, 7) is -2.98. The molecule has 3 aliphatic rings. The number of carbonyl (C=O) groups excluding carboxylic acids is 1. The number of rotatable bonds is 4. The minimum atomic E-state index is -2.98. The van der Waals surface area contributed by atoms with Crippen LogP contribution >= 0.6 is 0 Å². The van der Waals surface area contributed by atoms with Crippen molar-refractivity contribution in [1.29, 1.82) is 0 Å². The number of imidazole rings is 1. The number of alkyl halides is 2. The van der Waals surface area contributed by atoms with Crippen LogP contribution in [0.15, 0.2) is 48.8 Å². The molecule has 1 saturated carbocycles. The first-order valence-electron chi connectivity index (χ1n) is 12.7. The maximum absolute atomic E-state index is 13.2. The molecule has 38 heavy (non-hydrogen) atoms. The summed E-state index contributed by atoms with van der Waals surface area (Å²) in [6.07, 6.45) is 7.36. The Kier molecular flexibility index (Phi) is 5.96. The number of Topliss-reactive ketones (excluding diaryl/α,β-unsaturated/α-hetero) is 1. The van der Waals surface area contributed by atoms with E-state index in [4.69, 9.17) is 15.5 Å². The SMILES string of the molecule is CN.NC1(c2ncc(-c3ccc4nc5n(c4c3)[C@@H]3C[C@H]5CC(=O)c4cccc(OC(F)F)c43)cn2)CCC1. The van der Waals surface area contributed by atoms with Crippen molar-refractivity contribution in [3.63, 3.8) is 0 Å². The lowest BCUT2D eigenvalue weighted by molar-refractivity contribution is -0.0507. The molecule has 8 nitrogen and oxygen atoms in total. The summed E-state index contributed by atoms with van der Waals surface area (Å²) >= 11 is 0. The molecule has 10 heteroatoms. The van der Waals surface area contributed by atoms with E-state index < -0.39 is 12.2 Å². The monoisotopic (exact) mass is 518 g/mol. The molecule has 0 amide bonds. The van der Waals surface area contributed by atoms with Gasteiger partial charge in [0.15, 0.2) is 5.78 Å². The zero-order valence-electron chi connectivity index (χ0n) is 20.9. The van der Waals surface area contributed by atoms with Gasteiger partial charge in [-0.3, -0.25) is 4.79 Å².